The highest BCUT2D eigenvalue weighted by atomic mass is 16.6. The predicted molar refractivity (Wildman–Crippen MR) is 97.2 cm³/mol. The molecule has 0 saturated heterocycles. The van der Waals surface area contributed by atoms with Crippen molar-refractivity contribution in [2.45, 2.75) is 25.3 Å². The number of fused-ring (bicyclic) bond motifs is 3. The largest absolute Gasteiger partial charge is 0.495 e. The van der Waals surface area contributed by atoms with E-state index in [1.165, 1.54) is 11.1 Å². The van der Waals surface area contributed by atoms with Crippen LogP contribution in [0.15, 0.2) is 48.6 Å². The number of allylic oxidation sites excluding steroid dienone is 2. The third kappa shape index (κ3) is 2.47. The smallest absolute Gasteiger partial charge is 0.275 e. The van der Waals surface area contributed by atoms with Gasteiger partial charge in [-0.2, -0.15) is 0 Å². The molecule has 2 aromatic rings. The summed E-state index contributed by atoms with van der Waals surface area (Å²) in [5, 5.41) is 15.1. The zero-order valence-electron chi connectivity index (χ0n) is 14.2. The average molecular weight is 336 g/mol. The maximum absolute atomic E-state index is 11.6. The fourth-order valence-corrected chi connectivity index (χ4v) is 4.10. The molecular formula is C20H20N2O3. The van der Waals surface area contributed by atoms with E-state index in [1.54, 1.807) is 19.2 Å². The zero-order valence-corrected chi connectivity index (χ0v) is 14.2. The van der Waals surface area contributed by atoms with Gasteiger partial charge in [0, 0.05) is 12.0 Å². The van der Waals surface area contributed by atoms with Crippen LogP contribution < -0.4 is 10.1 Å². The van der Waals surface area contributed by atoms with Gasteiger partial charge in [-0.05, 0) is 30.9 Å². The minimum Gasteiger partial charge on any atom is -0.495 e. The van der Waals surface area contributed by atoms with Crippen LogP contribution in [0.25, 0.3) is 0 Å². The Morgan fingerprint density at radius 3 is 2.64 bits per heavy atom. The van der Waals surface area contributed by atoms with Crippen LogP contribution in [0.1, 0.15) is 35.1 Å². The lowest BCUT2D eigenvalue weighted by atomic mass is 9.76. The Morgan fingerprint density at radius 2 is 1.96 bits per heavy atom. The molecule has 1 aliphatic heterocycles. The molecule has 4 rings (SSSR count). The number of rotatable bonds is 3. The maximum atomic E-state index is 11.6. The van der Waals surface area contributed by atoms with Gasteiger partial charge < -0.3 is 10.1 Å². The lowest BCUT2D eigenvalue weighted by Crippen LogP contribution is -2.30. The van der Waals surface area contributed by atoms with Gasteiger partial charge in [-0.1, -0.05) is 42.0 Å². The molecule has 2 aliphatic rings. The minimum absolute atomic E-state index is 0.0260. The number of nitrogens with zero attached hydrogens (tertiary/aromatic N) is 1. The molecule has 1 heterocycles. The van der Waals surface area contributed by atoms with Gasteiger partial charge in [-0.25, -0.2) is 0 Å². The van der Waals surface area contributed by atoms with E-state index in [0.717, 1.165) is 17.7 Å². The second kappa shape index (κ2) is 5.92. The number of anilines is 1. The summed E-state index contributed by atoms with van der Waals surface area (Å²) < 4.78 is 5.49. The monoisotopic (exact) mass is 336 g/mol. The highest BCUT2D eigenvalue weighted by Crippen LogP contribution is 2.54. The Hall–Kier alpha value is -2.82. The summed E-state index contributed by atoms with van der Waals surface area (Å²) in [4.78, 5) is 11.3. The summed E-state index contributed by atoms with van der Waals surface area (Å²) in [5.74, 6) is 0.940. The van der Waals surface area contributed by atoms with Crippen molar-refractivity contribution in [3.63, 3.8) is 0 Å². The lowest BCUT2D eigenvalue weighted by molar-refractivity contribution is -0.385. The summed E-state index contributed by atoms with van der Waals surface area (Å²) in [5.41, 5.74) is 4.06. The number of hydrogen-bond donors (Lipinski definition) is 1. The average Bonchev–Trinajstić information content (AvgIpc) is 3.10. The molecule has 5 heteroatoms. The molecule has 0 bridgehead atoms. The first-order valence-corrected chi connectivity index (χ1v) is 8.45. The first-order chi connectivity index (χ1) is 12.1. The van der Waals surface area contributed by atoms with E-state index in [-0.39, 0.29) is 28.5 Å². The fraction of sp³-hybridized carbons (Fsp3) is 0.300. The standard InChI is InChI=1S/C20H20N2O3/c1-12-6-8-13(9-7-12)19-15-5-3-4-14(15)18-16(22(23)24)10-11-17(25-2)20(18)21-19/h3-4,6-11,14-15,19,21H,5H2,1-2H3. The van der Waals surface area contributed by atoms with Gasteiger partial charge in [0.05, 0.1) is 29.3 Å². The number of methoxy groups -OCH3 is 1. The van der Waals surface area contributed by atoms with Crippen molar-refractivity contribution in [2.24, 2.45) is 5.92 Å². The Labute approximate surface area is 146 Å². The normalized spacial score (nSPS) is 23.5. The maximum Gasteiger partial charge on any atom is 0.275 e. The molecule has 0 saturated carbocycles. The van der Waals surface area contributed by atoms with E-state index in [1.807, 2.05) is 0 Å². The minimum atomic E-state index is -0.296. The molecule has 5 nitrogen and oxygen atoms in total. The van der Waals surface area contributed by atoms with Crippen LogP contribution in [-0.4, -0.2) is 12.0 Å². The quantitative estimate of drug-likeness (QED) is 0.499. The van der Waals surface area contributed by atoms with Gasteiger partial charge in [-0.15, -0.1) is 0 Å². The SMILES string of the molecule is COc1ccc([N+](=O)[O-])c2c1NC(c1ccc(C)cc1)C1CC=CC21. The van der Waals surface area contributed by atoms with E-state index < -0.39 is 0 Å². The zero-order chi connectivity index (χ0) is 17.6. The molecule has 25 heavy (non-hydrogen) atoms. The highest BCUT2D eigenvalue weighted by molar-refractivity contribution is 5.73. The van der Waals surface area contributed by atoms with Gasteiger partial charge >= 0.3 is 0 Å². The number of benzene rings is 2. The first kappa shape index (κ1) is 15.7. The molecule has 2 aromatic carbocycles. The first-order valence-electron chi connectivity index (χ1n) is 8.45. The number of nitro benzene ring substituents is 1. The van der Waals surface area contributed by atoms with Gasteiger partial charge in [0.15, 0.2) is 0 Å². The summed E-state index contributed by atoms with van der Waals surface area (Å²) in [7, 11) is 1.60. The van der Waals surface area contributed by atoms with Crippen LogP contribution in [0, 0.1) is 23.0 Å². The number of hydrogen-bond acceptors (Lipinski definition) is 4. The summed E-state index contributed by atoms with van der Waals surface area (Å²) >= 11 is 0. The van der Waals surface area contributed by atoms with Crippen molar-refractivity contribution in [3.05, 3.63) is 75.4 Å². The second-order valence-electron chi connectivity index (χ2n) is 6.72. The van der Waals surface area contributed by atoms with Crippen LogP contribution in [0.5, 0.6) is 5.75 Å². The van der Waals surface area contributed by atoms with Crippen LogP contribution in [-0.2, 0) is 0 Å². The van der Waals surface area contributed by atoms with Crippen molar-refractivity contribution in [1.82, 2.24) is 0 Å². The molecule has 128 valence electrons. The molecular weight excluding hydrogens is 316 g/mol. The van der Waals surface area contributed by atoms with Gasteiger partial charge in [0.1, 0.15) is 5.75 Å². The lowest BCUT2D eigenvalue weighted by Gasteiger charge is -2.37. The Kier molecular flexibility index (Phi) is 3.71. The van der Waals surface area contributed by atoms with E-state index in [2.05, 4.69) is 48.7 Å². The third-order valence-corrected chi connectivity index (χ3v) is 5.31. The van der Waals surface area contributed by atoms with Crippen molar-refractivity contribution < 1.29 is 9.66 Å². The number of nitro groups is 1. The summed E-state index contributed by atoms with van der Waals surface area (Å²) in [6.07, 6.45) is 5.15. The summed E-state index contributed by atoms with van der Waals surface area (Å²) in [6, 6.07) is 11.8. The van der Waals surface area contributed by atoms with E-state index in [0.29, 0.717) is 5.75 Å². The molecule has 0 fully saturated rings. The fourth-order valence-electron chi connectivity index (χ4n) is 4.10. The van der Waals surface area contributed by atoms with Gasteiger partial charge in [-0.3, -0.25) is 10.1 Å². The topological polar surface area (TPSA) is 64.4 Å². The van der Waals surface area contributed by atoms with E-state index in [9.17, 15) is 10.1 Å². The number of aryl methyl sites for hydroxylation is 1. The van der Waals surface area contributed by atoms with Crippen molar-refractivity contribution in [2.75, 3.05) is 12.4 Å². The Balaban J connectivity index is 1.87. The molecule has 3 atom stereocenters. The predicted octanol–water partition coefficient (Wildman–Crippen LogP) is 4.74. The van der Waals surface area contributed by atoms with Crippen molar-refractivity contribution in [3.8, 4) is 5.75 Å². The van der Waals surface area contributed by atoms with E-state index >= 15 is 0 Å². The van der Waals surface area contributed by atoms with Crippen LogP contribution in [0.4, 0.5) is 11.4 Å². The number of nitrogens with one attached hydrogen (secondary N) is 1. The molecule has 0 amide bonds. The van der Waals surface area contributed by atoms with Crippen LogP contribution in [0.3, 0.4) is 0 Å². The molecule has 1 aliphatic carbocycles. The van der Waals surface area contributed by atoms with E-state index in [4.69, 9.17) is 4.74 Å². The molecule has 1 N–H and O–H groups in total. The number of ether oxygens (including phenoxy) is 1. The van der Waals surface area contributed by atoms with Crippen LogP contribution >= 0.6 is 0 Å². The molecule has 0 aromatic heterocycles. The Morgan fingerprint density at radius 1 is 1.20 bits per heavy atom. The van der Waals surface area contributed by atoms with Gasteiger partial charge in [0.25, 0.3) is 5.69 Å². The highest BCUT2D eigenvalue weighted by Gasteiger charge is 2.42. The summed E-state index contributed by atoms with van der Waals surface area (Å²) in [6.45, 7) is 2.07. The Bertz CT molecular complexity index is 858. The van der Waals surface area contributed by atoms with Gasteiger partial charge in [0.2, 0.25) is 0 Å². The second-order valence-corrected chi connectivity index (χ2v) is 6.72. The molecule has 3 unspecified atom stereocenters. The molecule has 0 radical (unpaired) electrons. The molecule has 0 spiro atoms. The van der Waals surface area contributed by atoms with Crippen LogP contribution in [0.2, 0.25) is 0 Å². The van der Waals surface area contributed by atoms with Crippen molar-refractivity contribution >= 4 is 11.4 Å². The third-order valence-electron chi connectivity index (χ3n) is 5.31. The van der Waals surface area contributed by atoms with Crippen molar-refractivity contribution in [1.29, 1.82) is 0 Å².